The molecule has 0 aliphatic rings. The summed E-state index contributed by atoms with van der Waals surface area (Å²) in [6.07, 6.45) is 1.72. The van der Waals surface area contributed by atoms with Crippen molar-refractivity contribution in [2.24, 2.45) is 0 Å². The van der Waals surface area contributed by atoms with Gasteiger partial charge in [-0.15, -0.1) is 16.8 Å². The van der Waals surface area contributed by atoms with Crippen molar-refractivity contribution >= 4 is 46.6 Å². The summed E-state index contributed by atoms with van der Waals surface area (Å²) < 4.78 is 12.7. The number of carbonyl (C=O) groups excluding carboxylic acids is 1. The summed E-state index contributed by atoms with van der Waals surface area (Å²) in [7, 11) is 1.57. The molecule has 0 fully saturated rings. The number of thioether (sulfide) groups is 1. The minimum absolute atomic E-state index is 0.136. The largest absolute Gasteiger partial charge is 0.497 e. The summed E-state index contributed by atoms with van der Waals surface area (Å²) >= 11 is 13.4. The van der Waals surface area contributed by atoms with Gasteiger partial charge in [0.1, 0.15) is 18.1 Å². The van der Waals surface area contributed by atoms with Crippen LogP contribution in [0.15, 0.2) is 60.3 Å². The Labute approximate surface area is 194 Å². The Bertz CT molecular complexity index is 1070. The molecular weight excluding hydrogens is 459 g/mol. The molecule has 3 aromatic rings. The maximum Gasteiger partial charge on any atom is 0.234 e. The second-order valence-corrected chi connectivity index (χ2v) is 8.02. The molecule has 3 rings (SSSR count). The van der Waals surface area contributed by atoms with Gasteiger partial charge in [0.15, 0.2) is 11.0 Å². The molecule has 0 radical (unpaired) electrons. The molecule has 0 saturated heterocycles. The van der Waals surface area contributed by atoms with Gasteiger partial charge < -0.3 is 14.8 Å². The van der Waals surface area contributed by atoms with Crippen LogP contribution in [0.25, 0.3) is 0 Å². The second-order valence-electron chi connectivity index (χ2n) is 6.23. The van der Waals surface area contributed by atoms with E-state index in [-0.39, 0.29) is 18.3 Å². The van der Waals surface area contributed by atoms with Gasteiger partial charge >= 0.3 is 0 Å². The minimum Gasteiger partial charge on any atom is -0.497 e. The Hall–Kier alpha value is -2.68. The van der Waals surface area contributed by atoms with Crippen LogP contribution >= 0.6 is 35.0 Å². The summed E-state index contributed by atoms with van der Waals surface area (Å²) in [5.74, 6) is 1.68. The van der Waals surface area contributed by atoms with Crippen LogP contribution in [0, 0.1) is 0 Å². The summed E-state index contributed by atoms with van der Waals surface area (Å²) in [6, 6.07) is 12.1. The fourth-order valence-corrected chi connectivity index (χ4v) is 3.70. The van der Waals surface area contributed by atoms with Crippen molar-refractivity contribution in [3.05, 3.63) is 71.0 Å². The van der Waals surface area contributed by atoms with Crippen molar-refractivity contribution in [1.29, 1.82) is 0 Å². The first kappa shape index (κ1) is 23.0. The van der Waals surface area contributed by atoms with E-state index in [9.17, 15) is 4.79 Å². The highest BCUT2D eigenvalue weighted by molar-refractivity contribution is 7.99. The molecule has 0 aliphatic heterocycles. The van der Waals surface area contributed by atoms with E-state index in [0.717, 1.165) is 0 Å². The molecule has 0 spiro atoms. The molecule has 1 amide bonds. The quantitative estimate of drug-likeness (QED) is 0.323. The summed E-state index contributed by atoms with van der Waals surface area (Å²) in [4.78, 5) is 12.3. The first-order valence-electron chi connectivity index (χ1n) is 9.17. The molecular formula is C21H20Cl2N4O3S. The molecule has 0 aliphatic carbocycles. The highest BCUT2D eigenvalue weighted by Gasteiger charge is 2.15. The molecule has 1 aromatic heterocycles. The molecule has 0 saturated carbocycles. The third kappa shape index (κ3) is 6.40. The Morgan fingerprint density at radius 1 is 1.26 bits per heavy atom. The number of allylic oxidation sites excluding steroid dienone is 1. The lowest BCUT2D eigenvalue weighted by atomic mass is 10.3. The number of nitrogens with one attached hydrogen (secondary N) is 1. The average Bonchev–Trinajstić information content (AvgIpc) is 3.15. The number of aromatic nitrogens is 3. The Balaban J connectivity index is 1.63. The highest BCUT2D eigenvalue weighted by atomic mass is 35.5. The maximum absolute atomic E-state index is 12.3. The van der Waals surface area contributed by atoms with E-state index in [0.29, 0.717) is 44.8 Å². The number of rotatable bonds is 10. The highest BCUT2D eigenvalue weighted by Crippen LogP contribution is 2.28. The van der Waals surface area contributed by atoms with Gasteiger partial charge in [-0.25, -0.2) is 0 Å². The second kappa shape index (κ2) is 11.1. The van der Waals surface area contributed by atoms with Crippen molar-refractivity contribution in [2.45, 2.75) is 18.3 Å². The lowest BCUT2D eigenvalue weighted by Gasteiger charge is -2.10. The monoisotopic (exact) mass is 478 g/mol. The summed E-state index contributed by atoms with van der Waals surface area (Å²) in [6.45, 7) is 4.38. The van der Waals surface area contributed by atoms with Gasteiger partial charge in [0.2, 0.25) is 5.91 Å². The van der Waals surface area contributed by atoms with Gasteiger partial charge in [0.25, 0.3) is 0 Å². The van der Waals surface area contributed by atoms with E-state index in [1.54, 1.807) is 49.6 Å². The number of carbonyl (C=O) groups is 1. The minimum atomic E-state index is -0.171. The van der Waals surface area contributed by atoms with Crippen LogP contribution in [0.4, 0.5) is 5.69 Å². The Morgan fingerprint density at radius 2 is 2.10 bits per heavy atom. The van der Waals surface area contributed by atoms with Crippen molar-refractivity contribution in [3.8, 4) is 11.5 Å². The molecule has 0 unspecified atom stereocenters. The lowest BCUT2D eigenvalue weighted by Crippen LogP contribution is -2.15. The first-order chi connectivity index (χ1) is 15.0. The van der Waals surface area contributed by atoms with Gasteiger partial charge in [-0.3, -0.25) is 9.36 Å². The van der Waals surface area contributed by atoms with E-state index in [4.69, 9.17) is 32.7 Å². The van der Waals surface area contributed by atoms with Crippen molar-refractivity contribution in [1.82, 2.24) is 14.8 Å². The zero-order valence-corrected chi connectivity index (χ0v) is 19.0. The first-order valence-corrected chi connectivity index (χ1v) is 10.9. The van der Waals surface area contributed by atoms with E-state index in [1.807, 2.05) is 10.6 Å². The van der Waals surface area contributed by atoms with Gasteiger partial charge in [0.05, 0.1) is 17.9 Å². The number of benzene rings is 2. The molecule has 0 atom stereocenters. The zero-order valence-electron chi connectivity index (χ0n) is 16.7. The molecule has 1 heterocycles. The number of nitrogens with zero attached hydrogens (tertiary/aromatic N) is 3. The van der Waals surface area contributed by atoms with E-state index >= 15 is 0 Å². The van der Waals surface area contributed by atoms with Crippen LogP contribution in [0.1, 0.15) is 5.82 Å². The Kier molecular flexibility index (Phi) is 8.22. The molecule has 1 N–H and O–H groups in total. The van der Waals surface area contributed by atoms with Gasteiger partial charge in [0, 0.05) is 29.4 Å². The Morgan fingerprint density at radius 3 is 2.87 bits per heavy atom. The topological polar surface area (TPSA) is 78.3 Å². The fourth-order valence-electron chi connectivity index (χ4n) is 2.60. The predicted molar refractivity (Wildman–Crippen MR) is 123 cm³/mol. The standard InChI is InChI=1S/C21H20Cl2N4O3S/c1-3-9-27-19(12-30-18-10-14(22)7-8-17(18)23)25-26-21(27)31-13-20(28)24-15-5-4-6-16(11-15)29-2/h3-8,10-11H,1,9,12-13H2,2H3,(H,24,28). The number of halogens is 2. The molecule has 10 heteroatoms. The van der Waals surface area contributed by atoms with Crippen LogP contribution in [0.5, 0.6) is 11.5 Å². The molecule has 2 aromatic carbocycles. The smallest absolute Gasteiger partial charge is 0.234 e. The van der Waals surface area contributed by atoms with Crippen LogP contribution in [0.2, 0.25) is 10.0 Å². The third-order valence-electron chi connectivity index (χ3n) is 4.04. The number of hydrogen-bond acceptors (Lipinski definition) is 6. The molecule has 7 nitrogen and oxygen atoms in total. The molecule has 31 heavy (non-hydrogen) atoms. The van der Waals surface area contributed by atoms with Gasteiger partial charge in [-0.2, -0.15) is 0 Å². The molecule has 0 bridgehead atoms. The number of ether oxygens (including phenoxy) is 2. The van der Waals surface area contributed by atoms with Crippen molar-refractivity contribution in [3.63, 3.8) is 0 Å². The number of anilines is 1. The third-order valence-corrected chi connectivity index (χ3v) is 5.56. The van der Waals surface area contributed by atoms with Gasteiger partial charge in [-0.05, 0) is 24.3 Å². The lowest BCUT2D eigenvalue weighted by molar-refractivity contribution is -0.113. The van der Waals surface area contributed by atoms with Crippen LogP contribution in [-0.4, -0.2) is 33.5 Å². The predicted octanol–water partition coefficient (Wildman–Crippen LogP) is 5.09. The summed E-state index contributed by atoms with van der Waals surface area (Å²) in [5.41, 5.74) is 0.657. The number of hydrogen-bond donors (Lipinski definition) is 1. The van der Waals surface area contributed by atoms with Crippen molar-refractivity contribution < 1.29 is 14.3 Å². The number of amides is 1. The van der Waals surface area contributed by atoms with E-state index in [2.05, 4.69) is 22.1 Å². The van der Waals surface area contributed by atoms with Crippen LogP contribution in [-0.2, 0) is 17.9 Å². The average molecular weight is 479 g/mol. The molecule has 162 valence electrons. The number of methoxy groups -OCH3 is 1. The van der Waals surface area contributed by atoms with Crippen LogP contribution < -0.4 is 14.8 Å². The van der Waals surface area contributed by atoms with E-state index in [1.165, 1.54) is 11.8 Å². The fraction of sp³-hybridized carbons (Fsp3) is 0.190. The zero-order chi connectivity index (χ0) is 22.2. The SMILES string of the molecule is C=CCn1c(COc2cc(Cl)ccc2Cl)nnc1SCC(=O)Nc1cccc(OC)c1. The van der Waals surface area contributed by atoms with Crippen molar-refractivity contribution in [2.75, 3.05) is 18.2 Å². The van der Waals surface area contributed by atoms with Gasteiger partial charge in [-0.1, -0.05) is 47.1 Å². The normalized spacial score (nSPS) is 10.5. The summed E-state index contributed by atoms with van der Waals surface area (Å²) in [5, 5.41) is 12.7. The maximum atomic E-state index is 12.3. The van der Waals surface area contributed by atoms with Crippen LogP contribution in [0.3, 0.4) is 0 Å². The van der Waals surface area contributed by atoms with E-state index < -0.39 is 0 Å².